The van der Waals surface area contributed by atoms with E-state index < -0.39 is 19.0 Å². The lowest BCUT2D eigenvalue weighted by Crippen LogP contribution is -2.09. The van der Waals surface area contributed by atoms with Gasteiger partial charge in [-0.15, -0.1) is 0 Å². The quantitative estimate of drug-likeness (QED) is 0.566. The standard InChI is InChI=1S/C6H12O.C3H6O3/c7-6-4-2-1-3-5-6;4-1-3(6)2-5/h6-7H,1-5H2;4-5H,1-2H2. The van der Waals surface area contributed by atoms with Gasteiger partial charge in [0.25, 0.3) is 0 Å². The maximum absolute atomic E-state index is 9.68. The Morgan fingerprint density at radius 3 is 1.69 bits per heavy atom. The molecule has 4 heteroatoms. The molecule has 1 fully saturated rings. The smallest absolute Gasteiger partial charge is 0.183 e. The number of aliphatic hydroxyl groups excluding tert-OH is 3. The highest BCUT2D eigenvalue weighted by molar-refractivity contribution is 5.80. The first-order valence-corrected chi connectivity index (χ1v) is 4.62. The molecule has 0 bridgehead atoms. The summed E-state index contributed by atoms with van der Waals surface area (Å²) >= 11 is 0. The van der Waals surface area contributed by atoms with Gasteiger partial charge in [0.2, 0.25) is 0 Å². The van der Waals surface area contributed by atoms with Crippen LogP contribution in [0.15, 0.2) is 0 Å². The molecule has 1 rings (SSSR count). The number of hydrogen-bond donors (Lipinski definition) is 3. The molecule has 4 nitrogen and oxygen atoms in total. The van der Waals surface area contributed by atoms with Gasteiger partial charge in [0.1, 0.15) is 13.2 Å². The molecule has 0 amide bonds. The fourth-order valence-electron chi connectivity index (χ4n) is 1.13. The topological polar surface area (TPSA) is 77.8 Å². The average molecular weight is 190 g/mol. The van der Waals surface area contributed by atoms with E-state index in [1.54, 1.807) is 0 Å². The second-order valence-corrected chi connectivity index (χ2v) is 3.15. The first kappa shape index (κ1) is 12.6. The summed E-state index contributed by atoms with van der Waals surface area (Å²) in [6.45, 7) is -1.12. The second kappa shape index (κ2) is 8.16. The molecule has 0 aromatic carbocycles. The minimum Gasteiger partial charge on any atom is -0.393 e. The van der Waals surface area contributed by atoms with Crippen LogP contribution in [0.25, 0.3) is 0 Å². The molecule has 1 aliphatic rings. The highest BCUT2D eigenvalue weighted by Gasteiger charge is 2.07. The Morgan fingerprint density at radius 2 is 1.54 bits per heavy atom. The van der Waals surface area contributed by atoms with Crippen molar-refractivity contribution in [1.82, 2.24) is 0 Å². The van der Waals surface area contributed by atoms with Crippen LogP contribution in [0.3, 0.4) is 0 Å². The predicted molar refractivity (Wildman–Crippen MR) is 48.3 cm³/mol. The first-order chi connectivity index (χ1) is 6.20. The lowest BCUT2D eigenvalue weighted by molar-refractivity contribution is -0.124. The van der Waals surface area contributed by atoms with E-state index in [1.807, 2.05) is 0 Å². The lowest BCUT2D eigenvalue weighted by atomic mass is 9.98. The van der Waals surface area contributed by atoms with Crippen molar-refractivity contribution in [2.75, 3.05) is 13.2 Å². The molecule has 3 N–H and O–H groups in total. The van der Waals surface area contributed by atoms with Crippen LogP contribution in [-0.4, -0.2) is 40.4 Å². The van der Waals surface area contributed by atoms with Gasteiger partial charge in [-0.05, 0) is 12.8 Å². The molecule has 0 aliphatic heterocycles. The Hall–Kier alpha value is -0.450. The molecule has 0 aromatic heterocycles. The number of rotatable bonds is 2. The monoisotopic (exact) mass is 190 g/mol. The van der Waals surface area contributed by atoms with Crippen molar-refractivity contribution in [3.8, 4) is 0 Å². The fraction of sp³-hybridized carbons (Fsp3) is 0.889. The summed E-state index contributed by atoms with van der Waals surface area (Å²) < 4.78 is 0. The van der Waals surface area contributed by atoms with Gasteiger partial charge in [0.05, 0.1) is 6.10 Å². The summed E-state index contributed by atoms with van der Waals surface area (Å²) in [5.74, 6) is -0.546. The number of aliphatic hydroxyl groups is 3. The third kappa shape index (κ3) is 7.90. The Morgan fingerprint density at radius 1 is 1.08 bits per heavy atom. The van der Waals surface area contributed by atoms with E-state index in [2.05, 4.69) is 0 Å². The van der Waals surface area contributed by atoms with Crippen LogP contribution in [-0.2, 0) is 4.79 Å². The number of carbonyl (C=O) groups excluding carboxylic acids is 1. The summed E-state index contributed by atoms with van der Waals surface area (Å²) in [5.41, 5.74) is 0. The molecular formula is C9H18O4. The molecular weight excluding hydrogens is 172 g/mol. The first-order valence-electron chi connectivity index (χ1n) is 4.62. The zero-order chi connectivity index (χ0) is 10.1. The minimum absolute atomic E-state index is 0.0359. The highest BCUT2D eigenvalue weighted by atomic mass is 16.3. The molecule has 0 unspecified atom stereocenters. The van der Waals surface area contributed by atoms with Crippen LogP contribution in [0.1, 0.15) is 32.1 Å². The molecule has 0 saturated heterocycles. The lowest BCUT2D eigenvalue weighted by Gasteiger charge is -2.14. The van der Waals surface area contributed by atoms with Crippen molar-refractivity contribution in [3.63, 3.8) is 0 Å². The number of hydrogen-bond acceptors (Lipinski definition) is 4. The fourth-order valence-corrected chi connectivity index (χ4v) is 1.13. The molecule has 0 spiro atoms. The molecule has 0 aromatic rings. The number of ketones is 1. The van der Waals surface area contributed by atoms with Crippen molar-refractivity contribution in [2.45, 2.75) is 38.2 Å². The van der Waals surface area contributed by atoms with Crippen LogP contribution >= 0.6 is 0 Å². The maximum Gasteiger partial charge on any atom is 0.183 e. The van der Waals surface area contributed by atoms with E-state index in [0.717, 1.165) is 12.8 Å². The number of Topliss-reactive ketones (excluding diaryl/α,β-unsaturated/α-hetero) is 1. The van der Waals surface area contributed by atoms with E-state index in [0.29, 0.717) is 0 Å². The predicted octanol–water partition coefficient (Wildman–Crippen LogP) is -0.149. The van der Waals surface area contributed by atoms with Gasteiger partial charge >= 0.3 is 0 Å². The summed E-state index contributed by atoms with van der Waals surface area (Å²) in [6.07, 6.45) is 5.92. The molecule has 0 radical (unpaired) electrons. The van der Waals surface area contributed by atoms with Gasteiger partial charge in [0.15, 0.2) is 5.78 Å². The Balaban J connectivity index is 0.000000226. The molecule has 13 heavy (non-hydrogen) atoms. The van der Waals surface area contributed by atoms with Crippen LogP contribution in [0.2, 0.25) is 0 Å². The molecule has 0 heterocycles. The van der Waals surface area contributed by atoms with Crippen LogP contribution in [0, 0.1) is 0 Å². The van der Waals surface area contributed by atoms with E-state index in [1.165, 1.54) is 19.3 Å². The van der Waals surface area contributed by atoms with Crippen LogP contribution in [0.5, 0.6) is 0 Å². The summed E-state index contributed by atoms with van der Waals surface area (Å²) in [4.78, 5) is 9.68. The van der Waals surface area contributed by atoms with E-state index in [4.69, 9.17) is 15.3 Å². The Bertz CT molecular complexity index is 124. The van der Waals surface area contributed by atoms with Gasteiger partial charge < -0.3 is 15.3 Å². The molecule has 1 saturated carbocycles. The molecule has 0 atom stereocenters. The molecule has 78 valence electrons. The van der Waals surface area contributed by atoms with Gasteiger partial charge in [-0.25, -0.2) is 0 Å². The van der Waals surface area contributed by atoms with Gasteiger partial charge in [-0.2, -0.15) is 0 Å². The SMILES string of the molecule is O=C(CO)CO.OC1CCCCC1. The van der Waals surface area contributed by atoms with Crippen molar-refractivity contribution >= 4 is 5.78 Å². The molecule has 1 aliphatic carbocycles. The Kier molecular flexibility index (Phi) is 7.88. The van der Waals surface area contributed by atoms with Crippen molar-refractivity contribution < 1.29 is 20.1 Å². The van der Waals surface area contributed by atoms with E-state index in [9.17, 15) is 4.79 Å². The maximum atomic E-state index is 9.68. The Labute approximate surface area is 78.2 Å². The van der Waals surface area contributed by atoms with Gasteiger partial charge in [0, 0.05) is 0 Å². The summed E-state index contributed by atoms with van der Waals surface area (Å²) in [6, 6.07) is 0. The summed E-state index contributed by atoms with van der Waals surface area (Å²) in [7, 11) is 0. The van der Waals surface area contributed by atoms with Crippen molar-refractivity contribution in [1.29, 1.82) is 0 Å². The summed E-state index contributed by atoms with van der Waals surface area (Å²) in [5, 5.41) is 24.6. The largest absolute Gasteiger partial charge is 0.393 e. The third-order valence-electron chi connectivity index (χ3n) is 1.93. The zero-order valence-electron chi connectivity index (χ0n) is 7.78. The average Bonchev–Trinajstić information content (AvgIpc) is 2.19. The minimum atomic E-state index is -0.559. The van der Waals surface area contributed by atoms with Crippen LogP contribution < -0.4 is 0 Å². The van der Waals surface area contributed by atoms with Gasteiger partial charge in [-0.3, -0.25) is 4.79 Å². The van der Waals surface area contributed by atoms with E-state index in [-0.39, 0.29) is 6.10 Å². The van der Waals surface area contributed by atoms with Crippen LogP contribution in [0.4, 0.5) is 0 Å². The second-order valence-electron chi connectivity index (χ2n) is 3.15. The number of carbonyl (C=O) groups is 1. The highest BCUT2D eigenvalue weighted by Crippen LogP contribution is 2.16. The zero-order valence-corrected chi connectivity index (χ0v) is 7.78. The van der Waals surface area contributed by atoms with E-state index >= 15 is 0 Å². The van der Waals surface area contributed by atoms with Crippen molar-refractivity contribution in [3.05, 3.63) is 0 Å². The van der Waals surface area contributed by atoms with Gasteiger partial charge in [-0.1, -0.05) is 19.3 Å². The normalized spacial score (nSPS) is 17.5. The van der Waals surface area contributed by atoms with Crippen molar-refractivity contribution in [2.24, 2.45) is 0 Å². The third-order valence-corrected chi connectivity index (χ3v) is 1.93.